The first-order valence-corrected chi connectivity index (χ1v) is 12.9. The summed E-state index contributed by atoms with van der Waals surface area (Å²) in [6, 6.07) is 7.83. The molecule has 11 heteroatoms. The summed E-state index contributed by atoms with van der Waals surface area (Å²) in [5, 5.41) is 2.63. The third-order valence-corrected chi connectivity index (χ3v) is 5.36. The van der Waals surface area contributed by atoms with E-state index in [1.165, 1.54) is 0 Å². The maximum atomic E-state index is 12.4. The molecule has 37 heavy (non-hydrogen) atoms. The quantitative estimate of drug-likeness (QED) is 0.246. The first kappa shape index (κ1) is 30.6. The van der Waals surface area contributed by atoms with Crippen molar-refractivity contribution < 1.29 is 33.3 Å². The van der Waals surface area contributed by atoms with Crippen molar-refractivity contribution in [2.45, 2.75) is 32.8 Å². The molecule has 0 spiro atoms. The Kier molecular flexibility index (Phi) is 14.1. The summed E-state index contributed by atoms with van der Waals surface area (Å²) in [4.78, 5) is 28.0. The van der Waals surface area contributed by atoms with Crippen LogP contribution in [-0.4, -0.2) is 108 Å². The fraction of sp³-hybridized carbons (Fsp3) is 0.692. The average molecular weight is 525 g/mol. The molecule has 210 valence electrons. The molecule has 11 nitrogen and oxygen atoms in total. The molecule has 1 fully saturated rings. The van der Waals surface area contributed by atoms with Crippen molar-refractivity contribution in [2.75, 3.05) is 96.2 Å². The molecule has 0 unspecified atom stereocenters. The minimum atomic E-state index is -0.512. The van der Waals surface area contributed by atoms with Gasteiger partial charge in [-0.1, -0.05) is 6.07 Å². The SMILES string of the molecule is CC(C)(C)OC(=O)NCCOCCOCCOCCOCCC(=O)N1CCN(c2cccc(N)c2)CC1. The second-order valence-electron chi connectivity index (χ2n) is 9.59. The number of amides is 2. The van der Waals surface area contributed by atoms with E-state index in [9.17, 15) is 9.59 Å². The van der Waals surface area contributed by atoms with E-state index < -0.39 is 11.7 Å². The molecule has 1 aromatic carbocycles. The molecule has 0 radical (unpaired) electrons. The summed E-state index contributed by atoms with van der Waals surface area (Å²) in [5.74, 6) is 0.115. The van der Waals surface area contributed by atoms with Crippen molar-refractivity contribution >= 4 is 23.4 Å². The van der Waals surface area contributed by atoms with Crippen molar-refractivity contribution in [3.05, 3.63) is 24.3 Å². The molecule has 1 heterocycles. The number of nitrogens with zero attached hydrogens (tertiary/aromatic N) is 2. The normalized spacial score (nSPS) is 14.0. The summed E-state index contributed by atoms with van der Waals surface area (Å²) >= 11 is 0. The van der Waals surface area contributed by atoms with E-state index in [-0.39, 0.29) is 5.91 Å². The van der Waals surface area contributed by atoms with Crippen LogP contribution in [0.15, 0.2) is 24.3 Å². The number of carbonyl (C=O) groups excluding carboxylic acids is 2. The van der Waals surface area contributed by atoms with Crippen LogP contribution in [-0.2, 0) is 28.5 Å². The van der Waals surface area contributed by atoms with Gasteiger partial charge in [0.25, 0.3) is 0 Å². The Morgan fingerprint density at radius 1 is 0.865 bits per heavy atom. The molecule has 0 atom stereocenters. The lowest BCUT2D eigenvalue weighted by atomic mass is 10.2. The lowest BCUT2D eigenvalue weighted by molar-refractivity contribution is -0.132. The van der Waals surface area contributed by atoms with E-state index in [1.807, 2.05) is 49.9 Å². The number of carbonyl (C=O) groups is 2. The molecule has 1 saturated heterocycles. The van der Waals surface area contributed by atoms with Crippen LogP contribution in [0, 0.1) is 0 Å². The van der Waals surface area contributed by atoms with Crippen molar-refractivity contribution in [3.8, 4) is 0 Å². The van der Waals surface area contributed by atoms with Crippen LogP contribution in [0.1, 0.15) is 27.2 Å². The highest BCUT2D eigenvalue weighted by atomic mass is 16.6. The molecular formula is C26H44N4O7. The van der Waals surface area contributed by atoms with Crippen molar-refractivity contribution in [1.82, 2.24) is 10.2 Å². The zero-order valence-electron chi connectivity index (χ0n) is 22.5. The van der Waals surface area contributed by atoms with Crippen LogP contribution in [0.5, 0.6) is 0 Å². The first-order valence-electron chi connectivity index (χ1n) is 12.9. The van der Waals surface area contributed by atoms with E-state index in [0.29, 0.717) is 78.9 Å². The Balaban J connectivity index is 1.34. The molecular weight excluding hydrogens is 480 g/mol. The fourth-order valence-electron chi connectivity index (χ4n) is 3.55. The van der Waals surface area contributed by atoms with E-state index in [1.54, 1.807) is 0 Å². The van der Waals surface area contributed by atoms with Crippen molar-refractivity contribution in [1.29, 1.82) is 0 Å². The summed E-state index contributed by atoms with van der Waals surface area (Å²) in [7, 11) is 0. The second kappa shape index (κ2) is 17.0. The van der Waals surface area contributed by atoms with Crippen LogP contribution < -0.4 is 16.0 Å². The molecule has 0 aliphatic carbocycles. The number of rotatable bonds is 16. The van der Waals surface area contributed by atoms with Crippen LogP contribution in [0.2, 0.25) is 0 Å². The first-order chi connectivity index (χ1) is 17.7. The molecule has 3 N–H and O–H groups in total. The van der Waals surface area contributed by atoms with Gasteiger partial charge in [0.1, 0.15) is 5.60 Å². The highest BCUT2D eigenvalue weighted by Gasteiger charge is 2.21. The summed E-state index contributed by atoms with van der Waals surface area (Å²) in [5.41, 5.74) is 7.20. The monoisotopic (exact) mass is 524 g/mol. The lowest BCUT2D eigenvalue weighted by Crippen LogP contribution is -2.49. The van der Waals surface area contributed by atoms with Crippen molar-refractivity contribution in [2.24, 2.45) is 0 Å². The molecule has 1 aliphatic heterocycles. The number of anilines is 2. The molecule has 1 aliphatic rings. The zero-order chi connectivity index (χ0) is 26.9. The minimum absolute atomic E-state index is 0.115. The molecule has 0 bridgehead atoms. The number of ether oxygens (including phenoxy) is 5. The number of piperazine rings is 1. The van der Waals surface area contributed by atoms with E-state index in [4.69, 9.17) is 29.4 Å². The van der Waals surface area contributed by atoms with Gasteiger partial charge in [0.15, 0.2) is 0 Å². The van der Waals surface area contributed by atoms with Gasteiger partial charge in [-0.3, -0.25) is 4.79 Å². The van der Waals surface area contributed by atoms with Gasteiger partial charge < -0.3 is 44.5 Å². The Morgan fingerprint density at radius 3 is 2.00 bits per heavy atom. The largest absolute Gasteiger partial charge is 0.444 e. The highest BCUT2D eigenvalue weighted by molar-refractivity contribution is 5.76. The Morgan fingerprint density at radius 2 is 1.43 bits per heavy atom. The Bertz CT molecular complexity index is 795. The average Bonchev–Trinajstić information content (AvgIpc) is 2.85. The van der Waals surface area contributed by atoms with E-state index in [0.717, 1.165) is 24.5 Å². The third kappa shape index (κ3) is 14.1. The van der Waals surface area contributed by atoms with Crippen molar-refractivity contribution in [3.63, 3.8) is 0 Å². The van der Waals surface area contributed by atoms with Gasteiger partial charge in [0, 0.05) is 44.1 Å². The standard InChI is InChI=1S/C26H44N4O7/c1-26(2,3)37-25(32)28-8-14-34-16-18-36-20-19-35-17-15-33-13-7-24(31)30-11-9-29(10-12-30)23-6-4-5-22(27)21-23/h4-6,21H,7-20,27H2,1-3H3,(H,28,32). The lowest BCUT2D eigenvalue weighted by Gasteiger charge is -2.36. The minimum Gasteiger partial charge on any atom is -0.444 e. The molecule has 2 rings (SSSR count). The second-order valence-corrected chi connectivity index (χ2v) is 9.59. The van der Waals surface area contributed by atoms with Crippen LogP contribution in [0.3, 0.4) is 0 Å². The highest BCUT2D eigenvalue weighted by Crippen LogP contribution is 2.19. The fourth-order valence-corrected chi connectivity index (χ4v) is 3.55. The third-order valence-electron chi connectivity index (χ3n) is 5.36. The topological polar surface area (TPSA) is 125 Å². The maximum absolute atomic E-state index is 12.4. The number of hydrogen-bond acceptors (Lipinski definition) is 9. The molecule has 0 saturated carbocycles. The van der Waals surface area contributed by atoms with Crippen LogP contribution in [0.25, 0.3) is 0 Å². The predicted molar refractivity (Wildman–Crippen MR) is 142 cm³/mol. The van der Waals surface area contributed by atoms with Crippen LogP contribution in [0.4, 0.5) is 16.2 Å². The number of alkyl carbamates (subject to hydrolysis) is 1. The smallest absolute Gasteiger partial charge is 0.407 e. The number of benzene rings is 1. The summed E-state index contributed by atoms with van der Waals surface area (Å²) in [6.07, 6.45) is -0.0847. The summed E-state index contributed by atoms with van der Waals surface area (Å²) in [6.45, 7) is 12.3. The summed E-state index contributed by atoms with van der Waals surface area (Å²) < 4.78 is 26.9. The number of nitrogen functional groups attached to an aromatic ring is 1. The Labute approximate surface area is 220 Å². The zero-order valence-corrected chi connectivity index (χ0v) is 22.5. The molecule has 0 aromatic heterocycles. The predicted octanol–water partition coefficient (Wildman–Crippen LogP) is 1.90. The van der Waals surface area contributed by atoms with Gasteiger partial charge in [-0.25, -0.2) is 4.79 Å². The molecule has 2 amide bonds. The van der Waals surface area contributed by atoms with Gasteiger partial charge in [0.05, 0.1) is 59.3 Å². The van der Waals surface area contributed by atoms with Gasteiger partial charge in [-0.2, -0.15) is 0 Å². The van der Waals surface area contributed by atoms with Gasteiger partial charge in [-0.15, -0.1) is 0 Å². The van der Waals surface area contributed by atoms with Crippen LogP contribution >= 0.6 is 0 Å². The van der Waals surface area contributed by atoms with Gasteiger partial charge >= 0.3 is 6.09 Å². The van der Waals surface area contributed by atoms with Gasteiger partial charge in [-0.05, 0) is 39.0 Å². The van der Waals surface area contributed by atoms with Gasteiger partial charge in [0.2, 0.25) is 5.91 Å². The number of nitrogens with two attached hydrogens (primary N) is 1. The molecule has 1 aromatic rings. The Hall–Kier alpha value is -2.60. The number of hydrogen-bond donors (Lipinski definition) is 2. The van der Waals surface area contributed by atoms with E-state index in [2.05, 4.69) is 10.2 Å². The maximum Gasteiger partial charge on any atom is 0.407 e. The number of nitrogens with one attached hydrogen (secondary N) is 1. The van der Waals surface area contributed by atoms with E-state index >= 15 is 0 Å².